The summed E-state index contributed by atoms with van der Waals surface area (Å²) in [5.41, 5.74) is 0.326. The monoisotopic (exact) mass is 152 g/mol. The molecule has 64 valence electrons. The Kier molecular flexibility index (Phi) is 3.22. The van der Waals surface area contributed by atoms with Crippen molar-refractivity contribution in [3.05, 3.63) is 0 Å². The first-order chi connectivity index (χ1) is 4.69. The van der Waals surface area contributed by atoms with Gasteiger partial charge in [-0.2, -0.15) is 0 Å². The van der Waals surface area contributed by atoms with E-state index in [-0.39, 0.29) is 5.31 Å². The first-order valence-electron chi connectivity index (χ1n) is 4.48. The van der Waals surface area contributed by atoms with E-state index in [1.165, 1.54) is 0 Å². The van der Waals surface area contributed by atoms with E-state index < -0.39 is 0 Å². The quantitative estimate of drug-likeness (QED) is 0.531. The van der Waals surface area contributed by atoms with Gasteiger partial charge < -0.3 is 0 Å². The molecule has 1 heteroatoms. The molecule has 11 heavy (non-hydrogen) atoms. The molecule has 0 amide bonds. The van der Waals surface area contributed by atoms with Crippen LogP contribution in [0.3, 0.4) is 0 Å². The van der Waals surface area contributed by atoms with Gasteiger partial charge in [-0.3, -0.25) is 0 Å². The van der Waals surface area contributed by atoms with Crippen LogP contribution in [-0.4, -0.2) is 7.85 Å². The van der Waals surface area contributed by atoms with E-state index >= 15 is 0 Å². The molecule has 0 aliphatic heterocycles. The summed E-state index contributed by atoms with van der Waals surface area (Å²) in [6, 6.07) is 0. The second kappa shape index (κ2) is 3.20. The molecule has 0 aliphatic carbocycles. The zero-order chi connectivity index (χ0) is 9.28. The van der Waals surface area contributed by atoms with Crippen molar-refractivity contribution in [2.24, 2.45) is 11.3 Å². The molecule has 0 heterocycles. The van der Waals surface area contributed by atoms with E-state index in [0.717, 1.165) is 6.42 Å². The first-order valence-corrected chi connectivity index (χ1v) is 4.48. The molecule has 0 bridgehead atoms. The lowest BCUT2D eigenvalue weighted by molar-refractivity contribution is 0.183. The van der Waals surface area contributed by atoms with Gasteiger partial charge in [0, 0.05) is 0 Å². The Balaban J connectivity index is 4.43. The summed E-state index contributed by atoms with van der Waals surface area (Å²) in [7, 11) is 6.08. The molecule has 0 saturated carbocycles. The number of rotatable bonds is 2. The third kappa shape index (κ3) is 3.31. The molecule has 0 aromatic heterocycles. The number of hydrogen-bond donors (Lipinski definition) is 0. The van der Waals surface area contributed by atoms with Crippen molar-refractivity contribution in [3.63, 3.8) is 0 Å². The lowest BCUT2D eigenvalue weighted by atomic mass is 9.55. The van der Waals surface area contributed by atoms with Gasteiger partial charge in [-0.25, -0.2) is 0 Å². The average molecular weight is 152 g/mol. The van der Waals surface area contributed by atoms with Crippen LogP contribution in [0, 0.1) is 11.3 Å². The summed E-state index contributed by atoms with van der Waals surface area (Å²) in [4.78, 5) is 0. The lowest BCUT2D eigenvalue weighted by Gasteiger charge is -2.40. The smallest absolute Gasteiger partial charge is 0.0684 e. The summed E-state index contributed by atoms with van der Waals surface area (Å²) in [5, 5.41) is -0.0486. The third-order valence-electron chi connectivity index (χ3n) is 2.35. The van der Waals surface area contributed by atoms with Crippen molar-refractivity contribution in [1.29, 1.82) is 0 Å². The fourth-order valence-electron chi connectivity index (χ4n) is 2.25. The highest BCUT2D eigenvalue weighted by atomic mass is 14.3. The van der Waals surface area contributed by atoms with Gasteiger partial charge >= 0.3 is 0 Å². The fraction of sp³-hybridized carbons (Fsp3) is 1.00. The second-order valence-electron chi connectivity index (χ2n) is 5.15. The van der Waals surface area contributed by atoms with Crippen LogP contribution in [0.5, 0.6) is 0 Å². The van der Waals surface area contributed by atoms with E-state index in [0.29, 0.717) is 11.3 Å². The molecule has 1 atom stereocenters. The third-order valence-corrected chi connectivity index (χ3v) is 2.35. The summed E-state index contributed by atoms with van der Waals surface area (Å²) < 4.78 is 0. The van der Waals surface area contributed by atoms with Crippen LogP contribution in [0.25, 0.3) is 0 Å². The van der Waals surface area contributed by atoms with Crippen LogP contribution >= 0.6 is 0 Å². The van der Waals surface area contributed by atoms with Crippen LogP contribution in [0.1, 0.15) is 48.0 Å². The van der Waals surface area contributed by atoms with Gasteiger partial charge in [-0.1, -0.05) is 53.3 Å². The molecule has 0 aliphatic rings. The molecule has 0 fully saturated rings. The van der Waals surface area contributed by atoms with Crippen LogP contribution in [-0.2, 0) is 0 Å². The van der Waals surface area contributed by atoms with Crippen molar-refractivity contribution in [1.82, 2.24) is 0 Å². The number of hydrogen-bond acceptors (Lipinski definition) is 0. The second-order valence-corrected chi connectivity index (χ2v) is 5.15. The van der Waals surface area contributed by atoms with Gasteiger partial charge in [0.2, 0.25) is 0 Å². The zero-order valence-electron chi connectivity index (χ0n) is 8.86. The van der Waals surface area contributed by atoms with Gasteiger partial charge in [0.15, 0.2) is 0 Å². The maximum Gasteiger partial charge on any atom is 0.0742 e. The minimum atomic E-state index is -0.0486. The van der Waals surface area contributed by atoms with E-state index in [4.69, 9.17) is 7.85 Å². The Morgan fingerprint density at radius 2 is 1.45 bits per heavy atom. The van der Waals surface area contributed by atoms with Crippen LogP contribution < -0.4 is 0 Å². The van der Waals surface area contributed by atoms with E-state index in [2.05, 4.69) is 41.5 Å². The van der Waals surface area contributed by atoms with E-state index in [1.807, 2.05) is 0 Å². The minimum Gasteiger partial charge on any atom is -0.0684 e. The van der Waals surface area contributed by atoms with Crippen LogP contribution in [0.2, 0.25) is 5.31 Å². The lowest BCUT2D eigenvalue weighted by Crippen LogP contribution is -2.29. The topological polar surface area (TPSA) is 0 Å². The molecule has 0 aromatic rings. The predicted octanol–water partition coefficient (Wildman–Crippen LogP) is 3.43. The van der Waals surface area contributed by atoms with Gasteiger partial charge in [-0.05, 0) is 11.3 Å². The van der Waals surface area contributed by atoms with Crippen LogP contribution in [0.15, 0.2) is 0 Å². The Labute approximate surface area is 73.2 Å². The first kappa shape index (κ1) is 11.1. The molecule has 0 aromatic carbocycles. The van der Waals surface area contributed by atoms with Crippen molar-refractivity contribution in [3.8, 4) is 0 Å². The van der Waals surface area contributed by atoms with Crippen molar-refractivity contribution in [2.45, 2.75) is 53.3 Å². The molecule has 0 rings (SSSR count). The van der Waals surface area contributed by atoms with E-state index in [9.17, 15) is 0 Å². The maximum atomic E-state index is 6.08. The summed E-state index contributed by atoms with van der Waals surface area (Å²) in [6.07, 6.45) is 1.16. The summed E-state index contributed by atoms with van der Waals surface area (Å²) in [5.74, 6) is 0.593. The molecule has 2 radical (unpaired) electrons. The van der Waals surface area contributed by atoms with Crippen molar-refractivity contribution < 1.29 is 0 Å². The van der Waals surface area contributed by atoms with Crippen molar-refractivity contribution >= 4 is 7.85 Å². The molecule has 0 saturated heterocycles. The highest BCUT2D eigenvalue weighted by Gasteiger charge is 2.32. The SMILES string of the molecule is [B]C(C)(C)C(CC)C(C)(C)C. The largest absolute Gasteiger partial charge is 0.0742 e. The molecule has 0 N–H and O–H groups in total. The Bertz CT molecular complexity index is 99.8. The Hall–Kier alpha value is 0.0649. The van der Waals surface area contributed by atoms with Crippen molar-refractivity contribution in [2.75, 3.05) is 0 Å². The molecule has 0 nitrogen and oxygen atoms in total. The maximum absolute atomic E-state index is 6.08. The molecule has 0 spiro atoms. The molecular formula is C10H21B. The molecular weight excluding hydrogens is 131 g/mol. The van der Waals surface area contributed by atoms with Gasteiger partial charge in [0.1, 0.15) is 0 Å². The normalized spacial score (nSPS) is 16.5. The van der Waals surface area contributed by atoms with Gasteiger partial charge in [0.25, 0.3) is 0 Å². The molecule has 1 unspecified atom stereocenters. The summed E-state index contributed by atoms with van der Waals surface area (Å²) in [6.45, 7) is 13.2. The summed E-state index contributed by atoms with van der Waals surface area (Å²) >= 11 is 0. The zero-order valence-corrected chi connectivity index (χ0v) is 8.86. The Morgan fingerprint density at radius 1 is 1.09 bits per heavy atom. The average Bonchev–Trinajstić information content (AvgIpc) is 1.56. The predicted molar refractivity (Wildman–Crippen MR) is 53.0 cm³/mol. The van der Waals surface area contributed by atoms with Gasteiger partial charge in [0.05, 0.1) is 7.85 Å². The van der Waals surface area contributed by atoms with Gasteiger partial charge in [-0.15, -0.1) is 0 Å². The fourth-order valence-corrected chi connectivity index (χ4v) is 2.25. The van der Waals surface area contributed by atoms with Crippen LogP contribution in [0.4, 0.5) is 0 Å². The highest BCUT2D eigenvalue weighted by Crippen LogP contribution is 2.44. The Morgan fingerprint density at radius 3 is 1.45 bits per heavy atom. The minimum absolute atomic E-state index is 0.0486. The van der Waals surface area contributed by atoms with E-state index in [1.54, 1.807) is 0 Å². The highest BCUT2D eigenvalue weighted by molar-refractivity contribution is 6.14. The standard InChI is InChI=1S/C10H21B/c1-7-8(9(2,3)4)10(5,6)11/h8H,7H2,1-6H3.